The van der Waals surface area contributed by atoms with Gasteiger partial charge in [-0.2, -0.15) is 0 Å². The highest BCUT2D eigenvalue weighted by Gasteiger charge is 2.27. The number of anilines is 2. The number of hydrogen-bond donors (Lipinski definition) is 1. The second-order valence-electron chi connectivity index (χ2n) is 8.83. The zero-order valence-corrected chi connectivity index (χ0v) is 19.0. The zero-order chi connectivity index (χ0) is 22.5. The molecule has 5 heteroatoms. The normalized spacial score (nSPS) is 18.5. The summed E-state index contributed by atoms with van der Waals surface area (Å²) in [5.41, 5.74) is 4.51. The second kappa shape index (κ2) is 10.1. The number of para-hydroxylation sites is 1. The van der Waals surface area contributed by atoms with E-state index >= 15 is 0 Å². The number of ether oxygens (including phenoxy) is 1. The predicted octanol–water partition coefficient (Wildman–Crippen LogP) is 4.75. The van der Waals surface area contributed by atoms with Gasteiger partial charge in [0.25, 0.3) is 0 Å². The van der Waals surface area contributed by atoms with Crippen molar-refractivity contribution in [1.82, 2.24) is 4.90 Å². The lowest BCUT2D eigenvalue weighted by Gasteiger charge is -2.36. The van der Waals surface area contributed by atoms with Crippen LogP contribution < -0.4 is 15.0 Å². The molecular weight excluding hydrogens is 410 g/mol. The monoisotopic (exact) mass is 441 g/mol. The summed E-state index contributed by atoms with van der Waals surface area (Å²) in [6.45, 7) is 6.07. The summed E-state index contributed by atoms with van der Waals surface area (Å²) in [4.78, 5) is 17.2. The average molecular weight is 442 g/mol. The number of nitrogens with one attached hydrogen (secondary N) is 1. The first-order chi connectivity index (χ1) is 16.3. The Morgan fingerprint density at radius 2 is 1.61 bits per heavy atom. The van der Waals surface area contributed by atoms with Crippen LogP contribution in [0.4, 0.5) is 11.4 Å². The Bertz CT molecular complexity index is 1060. The van der Waals surface area contributed by atoms with Crippen LogP contribution in [0.2, 0.25) is 0 Å². The van der Waals surface area contributed by atoms with E-state index in [4.69, 9.17) is 4.74 Å². The number of carbonyl (C=O) groups is 1. The first-order valence-corrected chi connectivity index (χ1v) is 11.9. The lowest BCUT2D eigenvalue weighted by Crippen LogP contribution is -2.46. The van der Waals surface area contributed by atoms with Gasteiger partial charge in [-0.25, -0.2) is 0 Å². The lowest BCUT2D eigenvalue weighted by atomic mass is 9.85. The molecular formula is C28H31N3O2. The van der Waals surface area contributed by atoms with E-state index in [9.17, 15) is 4.79 Å². The molecule has 0 aromatic heterocycles. The third kappa shape index (κ3) is 5.20. The van der Waals surface area contributed by atoms with Gasteiger partial charge in [-0.15, -0.1) is 0 Å². The van der Waals surface area contributed by atoms with Gasteiger partial charge < -0.3 is 15.0 Å². The molecule has 1 amide bonds. The first kappa shape index (κ1) is 21.5. The maximum Gasteiger partial charge on any atom is 0.225 e. The summed E-state index contributed by atoms with van der Waals surface area (Å²) in [5, 5.41) is 3.01. The van der Waals surface area contributed by atoms with E-state index in [0.717, 1.165) is 56.1 Å². The van der Waals surface area contributed by atoms with Gasteiger partial charge in [0, 0.05) is 56.4 Å². The van der Waals surface area contributed by atoms with Crippen molar-refractivity contribution in [1.29, 1.82) is 0 Å². The van der Waals surface area contributed by atoms with Gasteiger partial charge in [0.05, 0.1) is 6.61 Å². The molecule has 170 valence electrons. The second-order valence-corrected chi connectivity index (χ2v) is 8.83. The topological polar surface area (TPSA) is 44.8 Å². The molecule has 2 heterocycles. The molecule has 1 atom stereocenters. The van der Waals surface area contributed by atoms with E-state index in [1.54, 1.807) is 0 Å². The van der Waals surface area contributed by atoms with Crippen LogP contribution in [0.5, 0.6) is 5.75 Å². The molecule has 1 N–H and O–H groups in total. The van der Waals surface area contributed by atoms with Gasteiger partial charge in [-0.1, -0.05) is 48.5 Å². The fraction of sp³-hybridized carbons (Fsp3) is 0.321. The maximum atomic E-state index is 12.2. The Kier molecular flexibility index (Phi) is 6.58. The van der Waals surface area contributed by atoms with Gasteiger partial charge >= 0.3 is 0 Å². The third-order valence-corrected chi connectivity index (χ3v) is 6.65. The van der Waals surface area contributed by atoms with Gasteiger partial charge in [0.15, 0.2) is 0 Å². The molecule has 0 radical (unpaired) electrons. The van der Waals surface area contributed by atoms with E-state index < -0.39 is 0 Å². The van der Waals surface area contributed by atoms with Gasteiger partial charge in [-0.05, 0) is 47.9 Å². The molecule has 1 fully saturated rings. The van der Waals surface area contributed by atoms with E-state index in [2.05, 4.69) is 63.6 Å². The third-order valence-electron chi connectivity index (χ3n) is 6.65. The van der Waals surface area contributed by atoms with Crippen molar-refractivity contribution in [2.75, 3.05) is 49.5 Å². The highest BCUT2D eigenvalue weighted by atomic mass is 16.5. The smallest absolute Gasteiger partial charge is 0.225 e. The fourth-order valence-electron chi connectivity index (χ4n) is 4.86. The summed E-state index contributed by atoms with van der Waals surface area (Å²) in [7, 11) is 0. The van der Waals surface area contributed by atoms with Crippen molar-refractivity contribution >= 4 is 17.3 Å². The molecule has 33 heavy (non-hydrogen) atoms. The molecule has 1 unspecified atom stereocenters. The number of nitrogens with zero attached hydrogens (tertiary/aromatic N) is 2. The molecule has 2 aliphatic heterocycles. The van der Waals surface area contributed by atoms with E-state index in [1.165, 1.54) is 11.3 Å². The number of piperazine rings is 1. The number of rotatable bonds is 7. The van der Waals surface area contributed by atoms with Crippen LogP contribution in [0, 0.1) is 0 Å². The lowest BCUT2D eigenvalue weighted by molar-refractivity contribution is -0.116. The number of amides is 1. The molecule has 0 saturated carbocycles. The van der Waals surface area contributed by atoms with Crippen LogP contribution in [0.1, 0.15) is 29.9 Å². The largest absolute Gasteiger partial charge is 0.494 e. The SMILES string of the molecule is O=C1CC(c2ccccc2)c2cc(OCCCN3CCN(c4ccccc4)CC3)ccc2N1. The van der Waals surface area contributed by atoms with Crippen LogP contribution in [0.15, 0.2) is 78.9 Å². The van der Waals surface area contributed by atoms with Crippen molar-refractivity contribution < 1.29 is 9.53 Å². The highest BCUT2D eigenvalue weighted by Crippen LogP contribution is 2.38. The van der Waals surface area contributed by atoms with Gasteiger partial charge in [0.2, 0.25) is 5.91 Å². The summed E-state index contributed by atoms with van der Waals surface area (Å²) in [6.07, 6.45) is 1.47. The van der Waals surface area contributed by atoms with Gasteiger partial charge in [0.1, 0.15) is 5.75 Å². The Labute approximate surface area is 196 Å². The molecule has 5 rings (SSSR count). The molecule has 1 saturated heterocycles. The molecule has 2 aliphatic rings. The van der Waals surface area contributed by atoms with Gasteiger partial charge in [-0.3, -0.25) is 9.69 Å². The number of hydrogen-bond acceptors (Lipinski definition) is 4. The van der Waals surface area contributed by atoms with Crippen LogP contribution in [-0.4, -0.2) is 50.1 Å². The summed E-state index contributed by atoms with van der Waals surface area (Å²) in [5.74, 6) is 1.01. The number of benzene rings is 3. The average Bonchev–Trinajstić information content (AvgIpc) is 2.87. The standard InChI is InChI=1S/C28H31N3O2/c32-28-21-25(22-8-3-1-4-9-22)26-20-24(12-13-27(26)29-28)33-19-7-14-30-15-17-31(18-16-30)23-10-5-2-6-11-23/h1-6,8-13,20,25H,7,14-19,21H2,(H,29,32). The minimum Gasteiger partial charge on any atom is -0.494 e. The van der Waals surface area contributed by atoms with Crippen LogP contribution in [0.3, 0.4) is 0 Å². The van der Waals surface area contributed by atoms with E-state index in [0.29, 0.717) is 13.0 Å². The number of fused-ring (bicyclic) bond motifs is 1. The van der Waals surface area contributed by atoms with Crippen molar-refractivity contribution in [3.8, 4) is 5.75 Å². The number of carbonyl (C=O) groups excluding carboxylic acids is 1. The fourth-order valence-corrected chi connectivity index (χ4v) is 4.86. The van der Waals surface area contributed by atoms with Crippen molar-refractivity contribution in [3.63, 3.8) is 0 Å². The molecule has 3 aromatic rings. The zero-order valence-electron chi connectivity index (χ0n) is 19.0. The Morgan fingerprint density at radius 3 is 2.36 bits per heavy atom. The summed E-state index contributed by atoms with van der Waals surface area (Å²) < 4.78 is 6.11. The Hall–Kier alpha value is -3.31. The summed E-state index contributed by atoms with van der Waals surface area (Å²) in [6, 6.07) is 27.0. The molecule has 0 bridgehead atoms. The van der Waals surface area contributed by atoms with E-state index in [-0.39, 0.29) is 11.8 Å². The molecule has 0 spiro atoms. The van der Waals surface area contributed by atoms with Crippen LogP contribution >= 0.6 is 0 Å². The maximum absolute atomic E-state index is 12.2. The van der Waals surface area contributed by atoms with Crippen molar-refractivity contribution in [2.24, 2.45) is 0 Å². The Balaban J connectivity index is 1.13. The minimum absolute atomic E-state index is 0.0670. The quantitative estimate of drug-likeness (QED) is 0.538. The van der Waals surface area contributed by atoms with Crippen LogP contribution in [0.25, 0.3) is 0 Å². The van der Waals surface area contributed by atoms with Crippen molar-refractivity contribution in [3.05, 3.63) is 90.0 Å². The van der Waals surface area contributed by atoms with Crippen LogP contribution in [-0.2, 0) is 4.79 Å². The summed E-state index contributed by atoms with van der Waals surface area (Å²) >= 11 is 0. The van der Waals surface area contributed by atoms with Crippen molar-refractivity contribution in [2.45, 2.75) is 18.8 Å². The molecule has 5 nitrogen and oxygen atoms in total. The first-order valence-electron chi connectivity index (χ1n) is 11.9. The predicted molar refractivity (Wildman–Crippen MR) is 133 cm³/mol. The molecule has 3 aromatic carbocycles. The highest BCUT2D eigenvalue weighted by molar-refractivity contribution is 5.95. The Morgan fingerprint density at radius 1 is 0.879 bits per heavy atom. The minimum atomic E-state index is 0.0670. The van der Waals surface area contributed by atoms with E-state index in [1.807, 2.05) is 30.3 Å². The molecule has 0 aliphatic carbocycles.